The number of fused-ring (bicyclic) bond motifs is 1. The number of hydrogen-bond acceptors (Lipinski definition) is 3. The number of rotatable bonds is 6. The molecule has 0 heterocycles. The molecule has 0 saturated carbocycles. The summed E-state index contributed by atoms with van der Waals surface area (Å²) in [6.45, 7) is 1.81. The number of carbonyl (C=O) groups is 1. The van der Waals surface area contributed by atoms with Crippen molar-refractivity contribution in [3.05, 3.63) is 34.9 Å². The van der Waals surface area contributed by atoms with E-state index in [9.17, 15) is 13.2 Å². The summed E-state index contributed by atoms with van der Waals surface area (Å²) in [6.07, 6.45) is 5.02. The normalized spacial score (nSPS) is 14.5. The van der Waals surface area contributed by atoms with Crippen LogP contribution in [-0.4, -0.2) is 32.4 Å². The van der Waals surface area contributed by atoms with E-state index in [-0.39, 0.29) is 24.0 Å². The third kappa shape index (κ3) is 4.84. The molecule has 1 aromatic carbocycles. The minimum absolute atomic E-state index is 0.0133. The monoisotopic (exact) mass is 309 g/mol. The van der Waals surface area contributed by atoms with E-state index in [1.54, 1.807) is 6.92 Å². The number of amides is 1. The van der Waals surface area contributed by atoms with Gasteiger partial charge < -0.3 is 5.32 Å². The van der Waals surface area contributed by atoms with Gasteiger partial charge in [-0.25, -0.2) is 8.42 Å². The summed E-state index contributed by atoms with van der Waals surface area (Å²) in [7, 11) is -3.01. The lowest BCUT2D eigenvalue weighted by Gasteiger charge is -2.16. The summed E-state index contributed by atoms with van der Waals surface area (Å²) in [5.74, 6) is 0.0182. The van der Waals surface area contributed by atoms with Crippen LogP contribution in [0.2, 0.25) is 0 Å². The minimum atomic E-state index is -3.01. The van der Waals surface area contributed by atoms with Gasteiger partial charge in [-0.2, -0.15) is 0 Å². The summed E-state index contributed by atoms with van der Waals surface area (Å²) >= 11 is 0. The molecule has 1 aromatic rings. The average Bonchev–Trinajstić information content (AvgIpc) is 2.47. The van der Waals surface area contributed by atoms with Gasteiger partial charge in [0.15, 0.2) is 9.84 Å². The van der Waals surface area contributed by atoms with E-state index in [1.165, 1.54) is 24.0 Å². The van der Waals surface area contributed by atoms with Crippen LogP contribution >= 0.6 is 0 Å². The van der Waals surface area contributed by atoms with E-state index in [0.29, 0.717) is 6.42 Å². The second-order valence-electron chi connectivity index (χ2n) is 5.57. The largest absolute Gasteiger partial charge is 0.355 e. The number of sulfone groups is 1. The molecule has 0 radical (unpaired) electrons. The standard InChI is InChI=1S/C16H23NO3S/c1-2-21(19,20)10-9-17-16(18)12-13-7-8-14-5-3-4-6-15(14)11-13/h7-8,11H,2-6,9-10,12H2,1H3,(H,17,18). The second-order valence-corrected chi connectivity index (χ2v) is 8.05. The van der Waals surface area contributed by atoms with Gasteiger partial charge in [0.1, 0.15) is 0 Å². The van der Waals surface area contributed by atoms with Crippen LogP contribution in [-0.2, 0) is 33.9 Å². The van der Waals surface area contributed by atoms with Crippen molar-refractivity contribution in [1.82, 2.24) is 5.32 Å². The van der Waals surface area contributed by atoms with Gasteiger partial charge in [-0.05, 0) is 42.4 Å². The molecule has 0 atom stereocenters. The van der Waals surface area contributed by atoms with Crippen molar-refractivity contribution in [3.63, 3.8) is 0 Å². The number of benzene rings is 1. The maximum atomic E-state index is 11.8. The van der Waals surface area contributed by atoms with Crippen molar-refractivity contribution in [2.24, 2.45) is 0 Å². The van der Waals surface area contributed by atoms with Gasteiger partial charge in [-0.15, -0.1) is 0 Å². The Kier molecular flexibility index (Phi) is 5.39. The van der Waals surface area contributed by atoms with E-state index < -0.39 is 9.84 Å². The molecule has 4 nitrogen and oxygen atoms in total. The lowest BCUT2D eigenvalue weighted by Crippen LogP contribution is -2.30. The Morgan fingerprint density at radius 1 is 1.19 bits per heavy atom. The molecule has 5 heteroatoms. The highest BCUT2D eigenvalue weighted by atomic mass is 32.2. The Morgan fingerprint density at radius 3 is 2.62 bits per heavy atom. The van der Waals surface area contributed by atoms with E-state index in [2.05, 4.69) is 17.4 Å². The zero-order chi connectivity index (χ0) is 15.3. The van der Waals surface area contributed by atoms with Crippen molar-refractivity contribution in [1.29, 1.82) is 0 Å². The smallest absolute Gasteiger partial charge is 0.224 e. The van der Waals surface area contributed by atoms with Crippen LogP contribution in [0.25, 0.3) is 0 Å². The van der Waals surface area contributed by atoms with Crippen LogP contribution in [0.5, 0.6) is 0 Å². The maximum absolute atomic E-state index is 11.8. The summed E-state index contributed by atoms with van der Waals surface area (Å²) in [6, 6.07) is 6.25. The highest BCUT2D eigenvalue weighted by Crippen LogP contribution is 2.22. The molecule has 116 valence electrons. The van der Waals surface area contributed by atoms with E-state index in [1.807, 2.05) is 6.07 Å². The Balaban J connectivity index is 1.85. The van der Waals surface area contributed by atoms with Crippen LogP contribution in [0.1, 0.15) is 36.5 Å². The molecule has 0 aromatic heterocycles. The molecule has 0 spiro atoms. The van der Waals surface area contributed by atoms with Crippen molar-refractivity contribution in [2.45, 2.75) is 39.0 Å². The fourth-order valence-electron chi connectivity index (χ4n) is 2.63. The fourth-order valence-corrected chi connectivity index (χ4v) is 3.34. The maximum Gasteiger partial charge on any atom is 0.224 e. The van der Waals surface area contributed by atoms with Crippen LogP contribution < -0.4 is 5.32 Å². The Morgan fingerprint density at radius 2 is 1.90 bits per heavy atom. The Labute approximate surface area is 126 Å². The fraction of sp³-hybridized carbons (Fsp3) is 0.562. The topological polar surface area (TPSA) is 63.2 Å². The molecule has 2 rings (SSSR count). The molecule has 0 unspecified atom stereocenters. The van der Waals surface area contributed by atoms with Crippen LogP contribution in [0.4, 0.5) is 0 Å². The van der Waals surface area contributed by atoms with Crippen LogP contribution in [0.3, 0.4) is 0 Å². The molecule has 0 bridgehead atoms. The van der Waals surface area contributed by atoms with Gasteiger partial charge >= 0.3 is 0 Å². The first kappa shape index (κ1) is 16.0. The Hall–Kier alpha value is -1.36. The number of aryl methyl sites for hydroxylation is 2. The van der Waals surface area contributed by atoms with Gasteiger partial charge in [0.2, 0.25) is 5.91 Å². The molecule has 1 N–H and O–H groups in total. The van der Waals surface area contributed by atoms with E-state index in [0.717, 1.165) is 18.4 Å². The first-order chi connectivity index (χ1) is 10.00. The zero-order valence-electron chi connectivity index (χ0n) is 12.5. The molecule has 21 heavy (non-hydrogen) atoms. The first-order valence-electron chi connectivity index (χ1n) is 7.58. The molecule has 0 aliphatic heterocycles. The first-order valence-corrected chi connectivity index (χ1v) is 9.40. The number of nitrogens with one attached hydrogen (secondary N) is 1. The molecule has 0 fully saturated rings. The molecule has 0 saturated heterocycles. The predicted octanol–water partition coefficient (Wildman–Crippen LogP) is 1.66. The lowest BCUT2D eigenvalue weighted by molar-refractivity contribution is -0.120. The third-order valence-electron chi connectivity index (χ3n) is 3.95. The minimum Gasteiger partial charge on any atom is -0.355 e. The summed E-state index contributed by atoms with van der Waals surface area (Å²) in [4.78, 5) is 11.8. The van der Waals surface area contributed by atoms with Gasteiger partial charge in [-0.1, -0.05) is 25.1 Å². The van der Waals surface area contributed by atoms with E-state index >= 15 is 0 Å². The van der Waals surface area contributed by atoms with Gasteiger partial charge in [0.25, 0.3) is 0 Å². The molecule has 1 amide bonds. The van der Waals surface area contributed by atoms with Gasteiger partial charge in [-0.3, -0.25) is 4.79 Å². The van der Waals surface area contributed by atoms with Gasteiger partial charge in [0, 0.05) is 12.3 Å². The zero-order valence-corrected chi connectivity index (χ0v) is 13.3. The average molecular weight is 309 g/mol. The third-order valence-corrected chi connectivity index (χ3v) is 5.66. The SMILES string of the molecule is CCS(=O)(=O)CCNC(=O)Cc1ccc2c(c1)CCCC2. The van der Waals surface area contributed by atoms with Crippen LogP contribution in [0.15, 0.2) is 18.2 Å². The van der Waals surface area contributed by atoms with E-state index in [4.69, 9.17) is 0 Å². The van der Waals surface area contributed by atoms with Gasteiger partial charge in [0.05, 0.1) is 12.2 Å². The summed E-state index contributed by atoms with van der Waals surface area (Å²) < 4.78 is 22.7. The van der Waals surface area contributed by atoms with Crippen molar-refractivity contribution < 1.29 is 13.2 Å². The van der Waals surface area contributed by atoms with Crippen molar-refractivity contribution in [3.8, 4) is 0 Å². The molecular formula is C16H23NO3S. The van der Waals surface area contributed by atoms with Crippen molar-refractivity contribution in [2.75, 3.05) is 18.1 Å². The lowest BCUT2D eigenvalue weighted by atomic mass is 9.90. The van der Waals surface area contributed by atoms with Crippen molar-refractivity contribution >= 4 is 15.7 Å². The summed E-state index contributed by atoms with van der Waals surface area (Å²) in [5.41, 5.74) is 3.77. The Bertz CT molecular complexity index is 608. The number of carbonyl (C=O) groups excluding carboxylic acids is 1. The molecular weight excluding hydrogens is 286 g/mol. The van der Waals surface area contributed by atoms with Crippen LogP contribution in [0, 0.1) is 0 Å². The second kappa shape index (κ2) is 7.07. The highest BCUT2D eigenvalue weighted by Gasteiger charge is 2.12. The quantitative estimate of drug-likeness (QED) is 0.869. The molecule has 1 aliphatic rings. The number of hydrogen-bond donors (Lipinski definition) is 1. The predicted molar refractivity (Wildman–Crippen MR) is 84.1 cm³/mol. The molecule has 1 aliphatic carbocycles. The highest BCUT2D eigenvalue weighted by molar-refractivity contribution is 7.91. The summed E-state index contributed by atoms with van der Waals surface area (Å²) in [5, 5.41) is 2.68.